The average molecular weight is 1020 g/mol. The minimum atomic E-state index is 1.11. The lowest BCUT2D eigenvalue weighted by molar-refractivity contribution is 1.17. The van der Waals surface area contributed by atoms with Crippen LogP contribution in [0.5, 0.6) is 0 Å². The van der Waals surface area contributed by atoms with Crippen molar-refractivity contribution >= 4 is 98.0 Å². The molecule has 0 aliphatic carbocycles. The molecule has 17 aromatic rings. The summed E-state index contributed by atoms with van der Waals surface area (Å²) in [6, 6.07) is 95.2. The van der Waals surface area contributed by atoms with Crippen molar-refractivity contribution in [2.45, 2.75) is 0 Å². The fraction of sp³-hybridized carbons (Fsp3) is 0. The summed E-state index contributed by atoms with van der Waals surface area (Å²) < 4.78 is 9.44. The van der Waals surface area contributed by atoms with Gasteiger partial charge < -0.3 is 18.3 Å². The maximum Gasteiger partial charge on any atom is 0.0730 e. The summed E-state index contributed by atoms with van der Waals surface area (Å²) in [6.07, 6.45) is 8.08. The molecule has 0 bridgehead atoms. The van der Waals surface area contributed by atoms with Gasteiger partial charge in [-0.2, -0.15) is 0 Å². The summed E-state index contributed by atoms with van der Waals surface area (Å²) in [4.78, 5) is 9.62. The van der Waals surface area contributed by atoms with Gasteiger partial charge in [-0.05, 0) is 107 Å². The van der Waals surface area contributed by atoms with Crippen molar-refractivity contribution < 1.29 is 0 Å². The average Bonchev–Trinajstić information content (AvgIpc) is 4.40. The smallest absolute Gasteiger partial charge is 0.0730 e. The van der Waals surface area contributed by atoms with Gasteiger partial charge in [-0.3, -0.25) is 9.97 Å². The first-order valence-electron chi connectivity index (χ1n) is 27.2. The van der Waals surface area contributed by atoms with Gasteiger partial charge in [-0.1, -0.05) is 182 Å². The lowest BCUT2D eigenvalue weighted by atomic mass is 9.97. The molecule has 0 spiro atoms. The molecule has 6 aromatic heterocycles. The first kappa shape index (κ1) is 45.4. The molecule has 0 N–H and O–H groups in total. The Morgan fingerprint density at radius 3 is 0.950 bits per heavy atom. The van der Waals surface area contributed by atoms with Crippen LogP contribution in [0, 0.1) is 0 Å². The summed E-state index contributed by atoms with van der Waals surface area (Å²) >= 11 is 0. The molecule has 0 fully saturated rings. The Bertz CT molecular complexity index is 5080. The van der Waals surface area contributed by atoms with Gasteiger partial charge in [-0.25, -0.2) is 0 Å². The van der Waals surface area contributed by atoms with Crippen molar-refractivity contribution in [3.05, 3.63) is 292 Å². The van der Waals surface area contributed by atoms with E-state index in [2.05, 4.69) is 285 Å². The Kier molecular flexibility index (Phi) is 10.5. The van der Waals surface area contributed by atoms with E-state index in [1.807, 2.05) is 24.8 Å². The van der Waals surface area contributed by atoms with Gasteiger partial charge >= 0.3 is 0 Å². The van der Waals surface area contributed by atoms with E-state index in [1.165, 1.54) is 98.1 Å². The first-order valence-corrected chi connectivity index (χ1v) is 27.2. The monoisotopic (exact) mass is 1020 g/mol. The molecule has 0 radical (unpaired) electrons. The van der Waals surface area contributed by atoms with Crippen LogP contribution in [0.1, 0.15) is 0 Å². The number of rotatable bonds is 6. The zero-order chi connectivity index (χ0) is 52.7. The topological polar surface area (TPSA) is 45.5 Å². The van der Waals surface area contributed by atoms with Crippen LogP contribution in [0.2, 0.25) is 0 Å². The molecule has 6 nitrogen and oxygen atoms in total. The van der Waals surface area contributed by atoms with E-state index in [0.717, 1.165) is 44.9 Å². The highest BCUT2D eigenvalue weighted by molar-refractivity contribution is 6.24. The summed E-state index contributed by atoms with van der Waals surface area (Å²) in [5.74, 6) is 0. The Morgan fingerprint density at radius 1 is 0.200 bits per heavy atom. The van der Waals surface area contributed by atoms with Crippen LogP contribution >= 0.6 is 0 Å². The fourth-order valence-corrected chi connectivity index (χ4v) is 12.9. The first-order chi connectivity index (χ1) is 39.8. The normalized spacial score (nSPS) is 11.8. The van der Waals surface area contributed by atoms with E-state index in [4.69, 9.17) is 9.97 Å². The lowest BCUT2D eigenvalue weighted by Gasteiger charge is -2.11. The van der Waals surface area contributed by atoms with Gasteiger partial charge in [0.05, 0.1) is 56.5 Å². The number of pyridine rings is 2. The van der Waals surface area contributed by atoms with Gasteiger partial charge in [-0.15, -0.1) is 0 Å². The summed E-state index contributed by atoms with van der Waals surface area (Å²) in [5.41, 5.74) is 18.6. The maximum absolute atomic E-state index is 4.83. The standard InChI is InChI=1S/C39H25N3.C35H23N3/c1-2-13-28(14-3-1)41-34-18-8-7-16-32(34)39-33(24-40-25-37(39)41)30-17-10-20-36-38(30)31-15-6-9-19-35(31)42(36)29-22-21-26-11-4-5-12-27(26)23-29;1-3-12-24(13-4-1)37-30-19-9-7-16-27(30)34-26(18-11-21-32(34)37)29-22-36-23-33-35(29)28-17-8-10-20-31(28)38(33)25-14-5-2-6-15-25/h1-25H;1-23H. The number of fused-ring (bicyclic) bond motifs is 13. The number of hydrogen-bond acceptors (Lipinski definition) is 2. The highest BCUT2D eigenvalue weighted by Gasteiger charge is 2.23. The summed E-state index contributed by atoms with van der Waals surface area (Å²) in [7, 11) is 0. The van der Waals surface area contributed by atoms with Crippen LogP contribution in [0.3, 0.4) is 0 Å². The van der Waals surface area contributed by atoms with E-state index < -0.39 is 0 Å². The molecule has 0 amide bonds. The van der Waals surface area contributed by atoms with E-state index in [9.17, 15) is 0 Å². The van der Waals surface area contributed by atoms with Gasteiger partial charge in [0, 0.05) is 89.4 Å². The molecule has 80 heavy (non-hydrogen) atoms. The Hall–Kier alpha value is -10.8. The SMILES string of the molecule is c1ccc(-n2c3ccccc3c3c(-c4cccc5c4c4ccccc4n5-c4ccc5ccccc5c4)cncc32)cc1.c1ccc(-n2c3ccccc3c3c(-c4cncc5c4c4ccccc4n5-c4ccccc4)cccc32)cc1. The molecule has 0 atom stereocenters. The summed E-state index contributed by atoms with van der Waals surface area (Å²) in [5, 5.41) is 12.4. The second kappa shape index (κ2) is 18.4. The quantitative estimate of drug-likeness (QED) is 0.167. The van der Waals surface area contributed by atoms with Crippen LogP contribution in [0.25, 0.3) is 143 Å². The zero-order valence-corrected chi connectivity index (χ0v) is 43.4. The highest BCUT2D eigenvalue weighted by atomic mass is 15.0. The molecular weight excluding hydrogens is 973 g/mol. The molecule has 6 heterocycles. The third kappa shape index (κ3) is 6.99. The number of para-hydroxylation sites is 7. The predicted octanol–water partition coefficient (Wildman–Crippen LogP) is 19.0. The van der Waals surface area contributed by atoms with E-state index >= 15 is 0 Å². The van der Waals surface area contributed by atoms with Crippen molar-refractivity contribution in [2.24, 2.45) is 0 Å². The van der Waals surface area contributed by atoms with Crippen molar-refractivity contribution in [3.63, 3.8) is 0 Å². The maximum atomic E-state index is 4.83. The molecule has 374 valence electrons. The fourth-order valence-electron chi connectivity index (χ4n) is 12.9. The van der Waals surface area contributed by atoms with Crippen molar-refractivity contribution in [2.75, 3.05) is 0 Å². The van der Waals surface area contributed by atoms with E-state index in [-0.39, 0.29) is 0 Å². The molecule has 0 unspecified atom stereocenters. The van der Waals surface area contributed by atoms with Gasteiger partial charge in [0.25, 0.3) is 0 Å². The van der Waals surface area contributed by atoms with Crippen LogP contribution < -0.4 is 0 Å². The highest BCUT2D eigenvalue weighted by Crippen LogP contribution is 2.46. The zero-order valence-electron chi connectivity index (χ0n) is 43.4. The van der Waals surface area contributed by atoms with Crippen LogP contribution in [-0.4, -0.2) is 28.2 Å². The van der Waals surface area contributed by atoms with Gasteiger partial charge in [0.15, 0.2) is 0 Å². The Labute approximate surface area is 460 Å². The predicted molar refractivity (Wildman–Crippen MR) is 334 cm³/mol. The largest absolute Gasteiger partial charge is 0.309 e. The second-order valence-corrected chi connectivity index (χ2v) is 20.5. The molecule has 0 saturated heterocycles. The molecule has 11 aromatic carbocycles. The molecule has 0 saturated carbocycles. The second-order valence-electron chi connectivity index (χ2n) is 20.5. The third-order valence-corrected chi connectivity index (χ3v) is 16.2. The lowest BCUT2D eigenvalue weighted by Crippen LogP contribution is -1.94. The third-order valence-electron chi connectivity index (χ3n) is 16.2. The molecule has 17 rings (SSSR count). The van der Waals surface area contributed by atoms with Crippen LogP contribution in [0.15, 0.2) is 292 Å². The van der Waals surface area contributed by atoms with Crippen molar-refractivity contribution in [3.8, 4) is 45.0 Å². The molecule has 0 aliphatic rings. The molecular formula is C74H48N6. The van der Waals surface area contributed by atoms with Crippen molar-refractivity contribution in [1.82, 2.24) is 28.2 Å². The Morgan fingerprint density at radius 2 is 0.525 bits per heavy atom. The van der Waals surface area contributed by atoms with E-state index in [0.29, 0.717) is 0 Å². The van der Waals surface area contributed by atoms with Crippen LogP contribution in [-0.2, 0) is 0 Å². The minimum Gasteiger partial charge on any atom is -0.309 e. The number of hydrogen-bond donors (Lipinski definition) is 0. The number of benzene rings is 11. The number of aromatic nitrogens is 6. The summed E-state index contributed by atoms with van der Waals surface area (Å²) in [6.45, 7) is 0. The van der Waals surface area contributed by atoms with E-state index in [1.54, 1.807) is 0 Å². The Balaban J connectivity index is 0.000000133. The molecule has 6 heteroatoms. The van der Waals surface area contributed by atoms with Gasteiger partial charge in [0.1, 0.15) is 0 Å². The van der Waals surface area contributed by atoms with Crippen LogP contribution in [0.4, 0.5) is 0 Å². The van der Waals surface area contributed by atoms with Crippen molar-refractivity contribution in [1.29, 1.82) is 0 Å². The minimum absolute atomic E-state index is 1.11. The number of nitrogens with zero attached hydrogens (tertiary/aromatic N) is 6. The van der Waals surface area contributed by atoms with Gasteiger partial charge in [0.2, 0.25) is 0 Å². The molecule has 0 aliphatic heterocycles.